The summed E-state index contributed by atoms with van der Waals surface area (Å²) in [4.78, 5) is 20.2. The molecule has 2 aromatic rings. The van der Waals surface area contributed by atoms with Crippen LogP contribution in [-0.2, 0) is 39.0 Å². The topological polar surface area (TPSA) is 80.3 Å². The van der Waals surface area contributed by atoms with Crippen LogP contribution in [0.1, 0.15) is 20.7 Å². The van der Waals surface area contributed by atoms with Gasteiger partial charge in [0.1, 0.15) is 0 Å². The Bertz CT molecular complexity index is 466. The molecule has 0 fully saturated rings. The molecule has 0 N–H and O–H groups in total. The van der Waals surface area contributed by atoms with Crippen LogP contribution in [0.5, 0.6) is 0 Å². The van der Waals surface area contributed by atoms with Crippen LogP contribution >= 0.6 is 0 Å². The zero-order chi connectivity index (χ0) is 13.4. The Morgan fingerprint density at radius 2 is 0.850 bits per heavy atom. The summed E-state index contributed by atoms with van der Waals surface area (Å²) in [6.45, 7) is 0. The van der Waals surface area contributed by atoms with E-state index in [-0.39, 0.29) is 50.1 Å². The zero-order valence-corrected chi connectivity index (χ0v) is 16.8. The van der Waals surface area contributed by atoms with Gasteiger partial charge < -0.3 is 19.8 Å². The molecule has 2 rings (SSSR count). The number of carbonyl (C=O) groups is 2. The van der Waals surface area contributed by atoms with Gasteiger partial charge in [0.2, 0.25) is 0 Å². The third-order valence-electron chi connectivity index (χ3n) is 2.02. The smallest absolute Gasteiger partial charge is 0.545 e. The van der Waals surface area contributed by atoms with Crippen LogP contribution in [0.3, 0.4) is 0 Å². The molecule has 0 aliphatic carbocycles. The van der Waals surface area contributed by atoms with Crippen molar-refractivity contribution >= 4 is 11.9 Å². The minimum absolute atomic E-state index is 0. The number of carbonyl (C=O) groups excluding carboxylic acids is 2. The zero-order valence-electron chi connectivity index (χ0n) is 10.8. The molecule has 0 aliphatic rings. The standard InChI is InChI=1S/2C7H6O2.2Zn/c2*8-7(9)6-4-2-1-3-5-6;;/h2*1-5H,(H,8,9);;/q;;2*+2/p-2. The van der Waals surface area contributed by atoms with Crippen molar-refractivity contribution in [3.63, 3.8) is 0 Å². The van der Waals surface area contributed by atoms with Gasteiger partial charge in [-0.1, -0.05) is 60.7 Å². The average Bonchev–Trinajstić information content (AvgIpc) is 2.41. The molecule has 0 atom stereocenters. The van der Waals surface area contributed by atoms with Gasteiger partial charge in [0.25, 0.3) is 0 Å². The molecule has 0 unspecified atom stereocenters. The third-order valence-corrected chi connectivity index (χ3v) is 2.02. The second kappa shape index (κ2) is 11.5. The van der Waals surface area contributed by atoms with E-state index < -0.39 is 11.9 Å². The van der Waals surface area contributed by atoms with Crippen LogP contribution < -0.4 is 10.2 Å². The fraction of sp³-hybridized carbons (Fsp3) is 0. The number of carboxylic acid groups (broad SMARTS) is 2. The van der Waals surface area contributed by atoms with E-state index in [4.69, 9.17) is 0 Å². The van der Waals surface area contributed by atoms with Gasteiger partial charge in [-0.15, -0.1) is 0 Å². The van der Waals surface area contributed by atoms with Gasteiger partial charge in [0, 0.05) is 0 Å². The van der Waals surface area contributed by atoms with Gasteiger partial charge in [0.05, 0.1) is 11.9 Å². The number of hydrogen-bond acceptors (Lipinski definition) is 4. The second-order valence-corrected chi connectivity index (χ2v) is 3.31. The van der Waals surface area contributed by atoms with E-state index in [1.54, 1.807) is 36.4 Å². The van der Waals surface area contributed by atoms with Gasteiger partial charge in [-0.3, -0.25) is 0 Å². The molecule has 4 nitrogen and oxygen atoms in total. The Hall–Kier alpha value is -1.37. The second-order valence-electron chi connectivity index (χ2n) is 3.31. The maximum absolute atomic E-state index is 10.1. The van der Waals surface area contributed by atoms with Crippen LogP contribution in [0.25, 0.3) is 0 Å². The first-order chi connectivity index (χ1) is 8.61. The molecule has 0 aromatic heterocycles. The average molecular weight is 373 g/mol. The van der Waals surface area contributed by atoms with Crippen LogP contribution in [-0.4, -0.2) is 11.9 Å². The molecule has 0 spiro atoms. The molecular weight excluding hydrogens is 363 g/mol. The van der Waals surface area contributed by atoms with Crippen molar-refractivity contribution in [2.45, 2.75) is 0 Å². The van der Waals surface area contributed by atoms with Gasteiger partial charge in [0.15, 0.2) is 0 Å². The Balaban J connectivity index is 0. The molecule has 6 heteroatoms. The SMILES string of the molecule is O=C([O-])c1ccccc1.O=C([O-])c1ccccc1.[Zn+2].[Zn+2]. The Morgan fingerprint density at radius 3 is 1.00 bits per heavy atom. The van der Waals surface area contributed by atoms with Crippen LogP contribution in [0.15, 0.2) is 60.7 Å². The van der Waals surface area contributed by atoms with E-state index in [0.29, 0.717) is 0 Å². The van der Waals surface area contributed by atoms with E-state index in [2.05, 4.69) is 0 Å². The van der Waals surface area contributed by atoms with E-state index in [0.717, 1.165) is 0 Å². The van der Waals surface area contributed by atoms with Crippen molar-refractivity contribution in [2.75, 3.05) is 0 Å². The fourth-order valence-corrected chi connectivity index (χ4v) is 1.15. The molecule has 0 heterocycles. The summed E-state index contributed by atoms with van der Waals surface area (Å²) in [7, 11) is 0. The molecule has 0 aliphatic heterocycles. The van der Waals surface area contributed by atoms with Crippen molar-refractivity contribution in [3.8, 4) is 0 Å². The number of hydrogen-bond donors (Lipinski definition) is 0. The summed E-state index contributed by atoms with van der Waals surface area (Å²) in [5.41, 5.74) is 0.440. The fourth-order valence-electron chi connectivity index (χ4n) is 1.15. The molecule has 92 valence electrons. The maximum Gasteiger partial charge on any atom is 2.00 e. The molecular formula is C14H10O4Zn2+2. The van der Waals surface area contributed by atoms with E-state index in [1.807, 2.05) is 0 Å². The number of aromatic carboxylic acids is 2. The van der Waals surface area contributed by atoms with E-state index in [9.17, 15) is 19.8 Å². The first-order valence-electron chi connectivity index (χ1n) is 5.14. The molecule has 2 aromatic carbocycles. The molecule has 0 bridgehead atoms. The molecule has 20 heavy (non-hydrogen) atoms. The van der Waals surface area contributed by atoms with Crippen molar-refractivity contribution < 1.29 is 58.8 Å². The summed E-state index contributed by atoms with van der Waals surface area (Å²) in [6.07, 6.45) is 0. The Kier molecular flexibility index (Phi) is 12.0. The third kappa shape index (κ3) is 7.93. The van der Waals surface area contributed by atoms with Crippen LogP contribution in [0.2, 0.25) is 0 Å². The summed E-state index contributed by atoms with van der Waals surface area (Å²) < 4.78 is 0. The normalized spacial score (nSPS) is 8.00. The minimum Gasteiger partial charge on any atom is -0.545 e. The maximum atomic E-state index is 10.1. The molecule has 0 radical (unpaired) electrons. The monoisotopic (exact) mass is 370 g/mol. The van der Waals surface area contributed by atoms with Crippen LogP contribution in [0, 0.1) is 0 Å². The first kappa shape index (κ1) is 20.9. The number of benzene rings is 2. The summed E-state index contributed by atoms with van der Waals surface area (Å²) in [6, 6.07) is 16.1. The predicted molar refractivity (Wildman–Crippen MR) is 61.5 cm³/mol. The minimum atomic E-state index is -1.13. The summed E-state index contributed by atoms with van der Waals surface area (Å²) in [5, 5.41) is 20.2. The number of rotatable bonds is 2. The summed E-state index contributed by atoms with van der Waals surface area (Å²) in [5.74, 6) is -2.26. The Labute approximate surface area is 142 Å². The van der Waals surface area contributed by atoms with Crippen molar-refractivity contribution in [1.82, 2.24) is 0 Å². The van der Waals surface area contributed by atoms with Gasteiger partial charge in [-0.25, -0.2) is 0 Å². The van der Waals surface area contributed by atoms with Gasteiger partial charge >= 0.3 is 39.0 Å². The van der Waals surface area contributed by atoms with Crippen LogP contribution in [0.4, 0.5) is 0 Å². The van der Waals surface area contributed by atoms with E-state index in [1.165, 1.54) is 24.3 Å². The predicted octanol–water partition coefficient (Wildman–Crippen LogP) is 0.0952. The quantitative estimate of drug-likeness (QED) is 0.700. The summed E-state index contributed by atoms with van der Waals surface area (Å²) >= 11 is 0. The van der Waals surface area contributed by atoms with Gasteiger partial charge in [-0.05, 0) is 11.1 Å². The first-order valence-corrected chi connectivity index (χ1v) is 5.14. The van der Waals surface area contributed by atoms with Gasteiger partial charge in [-0.2, -0.15) is 0 Å². The molecule has 0 saturated carbocycles. The molecule has 0 amide bonds. The number of carboxylic acids is 2. The molecule has 0 saturated heterocycles. The van der Waals surface area contributed by atoms with E-state index >= 15 is 0 Å². The van der Waals surface area contributed by atoms with Crippen molar-refractivity contribution in [3.05, 3.63) is 71.8 Å². The Morgan fingerprint density at radius 1 is 0.600 bits per heavy atom. The largest absolute Gasteiger partial charge is 2.00 e. The van der Waals surface area contributed by atoms with Crippen molar-refractivity contribution in [1.29, 1.82) is 0 Å². The van der Waals surface area contributed by atoms with Crippen molar-refractivity contribution in [2.24, 2.45) is 0 Å².